The molecule has 4 heteroatoms. The minimum absolute atomic E-state index is 1.28. The number of hydrazone groups is 1. The Labute approximate surface area is 42.5 Å². The van der Waals surface area contributed by atoms with Crippen LogP contribution in [0.5, 0.6) is 0 Å². The summed E-state index contributed by atoms with van der Waals surface area (Å²) in [4.78, 5) is 0. The van der Waals surface area contributed by atoms with Gasteiger partial charge in [-0.2, -0.15) is 15.3 Å². The number of hydrogen-bond donors (Lipinski definition) is 0. The smallest absolute Gasteiger partial charge is 0.0513 e. The van der Waals surface area contributed by atoms with Crippen molar-refractivity contribution in [1.29, 1.82) is 0 Å². The SMILES string of the molecule is C=NN(C)N=NC. The lowest BCUT2D eigenvalue weighted by molar-refractivity contribution is 0.352. The van der Waals surface area contributed by atoms with Crippen LogP contribution in [0.4, 0.5) is 0 Å². The summed E-state index contributed by atoms with van der Waals surface area (Å²) in [5.41, 5.74) is 0. The maximum atomic E-state index is 3.47. The Morgan fingerprint density at radius 2 is 2.14 bits per heavy atom. The highest BCUT2D eigenvalue weighted by molar-refractivity contribution is 5.22. The monoisotopic (exact) mass is 100 g/mol. The Morgan fingerprint density at radius 1 is 1.57 bits per heavy atom. The van der Waals surface area contributed by atoms with Crippen molar-refractivity contribution < 1.29 is 0 Å². The van der Waals surface area contributed by atoms with Crippen LogP contribution in [-0.2, 0) is 0 Å². The van der Waals surface area contributed by atoms with E-state index in [1.165, 1.54) is 5.12 Å². The first kappa shape index (κ1) is 6.07. The van der Waals surface area contributed by atoms with Crippen LogP contribution in [-0.4, -0.2) is 25.9 Å². The quantitative estimate of drug-likeness (QED) is 0.283. The molecule has 0 rings (SSSR count). The zero-order valence-corrected chi connectivity index (χ0v) is 4.50. The summed E-state index contributed by atoms with van der Waals surface area (Å²) in [6.07, 6.45) is 0. The van der Waals surface area contributed by atoms with Gasteiger partial charge in [0.25, 0.3) is 0 Å². The molecular weight excluding hydrogens is 92.1 g/mol. The maximum Gasteiger partial charge on any atom is 0.0513 e. The van der Waals surface area contributed by atoms with Crippen molar-refractivity contribution in [1.82, 2.24) is 5.12 Å². The second kappa shape index (κ2) is 3.27. The highest BCUT2D eigenvalue weighted by Gasteiger charge is 1.74. The molecule has 0 atom stereocenters. The molecule has 0 aromatic heterocycles. The second-order valence-electron chi connectivity index (χ2n) is 0.920. The van der Waals surface area contributed by atoms with Crippen molar-refractivity contribution in [2.45, 2.75) is 0 Å². The summed E-state index contributed by atoms with van der Waals surface area (Å²) < 4.78 is 0. The van der Waals surface area contributed by atoms with Crippen molar-refractivity contribution in [2.75, 3.05) is 14.1 Å². The van der Waals surface area contributed by atoms with Gasteiger partial charge in [0.2, 0.25) is 0 Å². The van der Waals surface area contributed by atoms with Gasteiger partial charge < -0.3 is 0 Å². The first-order valence-electron chi connectivity index (χ1n) is 1.81. The zero-order chi connectivity index (χ0) is 5.70. The van der Waals surface area contributed by atoms with Crippen LogP contribution in [0.25, 0.3) is 0 Å². The molecule has 0 bridgehead atoms. The largest absolute Gasteiger partial charge is 0.173 e. The molecule has 0 aliphatic rings. The molecule has 0 amide bonds. The predicted octanol–water partition coefficient (Wildman–Crippen LogP) is 0.531. The summed E-state index contributed by atoms with van der Waals surface area (Å²) in [5, 5.41) is 11.6. The highest BCUT2D eigenvalue weighted by atomic mass is 15.7. The molecular formula is C3H8N4. The number of nitrogens with zero attached hydrogens (tertiary/aromatic N) is 4. The zero-order valence-electron chi connectivity index (χ0n) is 4.50. The summed E-state index contributed by atoms with van der Waals surface area (Å²) in [6.45, 7) is 3.20. The molecule has 0 aromatic carbocycles. The lowest BCUT2D eigenvalue weighted by atomic mass is 11.4. The van der Waals surface area contributed by atoms with Gasteiger partial charge in [-0.15, -0.1) is 0 Å². The van der Waals surface area contributed by atoms with Crippen molar-refractivity contribution in [2.24, 2.45) is 15.4 Å². The minimum Gasteiger partial charge on any atom is -0.173 e. The first-order chi connectivity index (χ1) is 3.31. The fourth-order valence-corrected chi connectivity index (χ4v) is 0.158. The van der Waals surface area contributed by atoms with Crippen molar-refractivity contribution in [3.8, 4) is 0 Å². The van der Waals surface area contributed by atoms with Gasteiger partial charge in [0.05, 0.1) is 14.1 Å². The van der Waals surface area contributed by atoms with Crippen molar-refractivity contribution in [3.05, 3.63) is 0 Å². The Bertz CT molecular complexity index is 77.0. The first-order valence-corrected chi connectivity index (χ1v) is 1.81. The van der Waals surface area contributed by atoms with Gasteiger partial charge in [-0.1, -0.05) is 5.22 Å². The van der Waals surface area contributed by atoms with E-state index in [0.717, 1.165) is 0 Å². The number of hydrogen-bond acceptors (Lipinski definition) is 3. The average Bonchev–Trinajstić information content (AvgIpc) is 1.68. The summed E-state index contributed by atoms with van der Waals surface area (Å²) in [7, 11) is 3.22. The molecule has 0 radical (unpaired) electrons. The third-order valence-corrected chi connectivity index (χ3v) is 0.424. The van der Waals surface area contributed by atoms with Gasteiger partial charge in [-0.3, -0.25) is 0 Å². The number of rotatable bonds is 2. The van der Waals surface area contributed by atoms with Crippen molar-refractivity contribution in [3.63, 3.8) is 0 Å². The Balaban J connectivity index is 3.35. The van der Waals surface area contributed by atoms with Gasteiger partial charge >= 0.3 is 0 Å². The van der Waals surface area contributed by atoms with Crippen LogP contribution in [0.1, 0.15) is 0 Å². The van der Waals surface area contributed by atoms with Gasteiger partial charge in [-0.25, -0.2) is 0 Å². The van der Waals surface area contributed by atoms with Gasteiger partial charge in [0.15, 0.2) is 0 Å². The molecule has 0 aliphatic heterocycles. The maximum absolute atomic E-state index is 3.47. The van der Waals surface area contributed by atoms with Crippen LogP contribution >= 0.6 is 0 Å². The third kappa shape index (κ3) is 2.88. The van der Waals surface area contributed by atoms with E-state index in [-0.39, 0.29) is 0 Å². The molecule has 0 heterocycles. The van der Waals surface area contributed by atoms with Gasteiger partial charge in [0, 0.05) is 6.72 Å². The molecule has 0 unspecified atom stereocenters. The van der Waals surface area contributed by atoms with E-state index >= 15 is 0 Å². The summed E-state index contributed by atoms with van der Waals surface area (Å²) >= 11 is 0. The topological polar surface area (TPSA) is 40.3 Å². The second-order valence-corrected chi connectivity index (χ2v) is 0.920. The fourth-order valence-electron chi connectivity index (χ4n) is 0.158. The van der Waals surface area contributed by atoms with E-state index in [1.54, 1.807) is 14.1 Å². The molecule has 0 N–H and O–H groups in total. The summed E-state index contributed by atoms with van der Waals surface area (Å²) in [6, 6.07) is 0. The molecule has 0 fully saturated rings. The fraction of sp³-hybridized carbons (Fsp3) is 0.667. The lowest BCUT2D eigenvalue weighted by Crippen LogP contribution is -1.97. The van der Waals surface area contributed by atoms with E-state index in [1.807, 2.05) is 0 Å². The van der Waals surface area contributed by atoms with Crippen molar-refractivity contribution >= 4 is 6.72 Å². The van der Waals surface area contributed by atoms with Crippen LogP contribution < -0.4 is 0 Å². The Morgan fingerprint density at radius 3 is 2.29 bits per heavy atom. The molecule has 0 spiro atoms. The van der Waals surface area contributed by atoms with Gasteiger partial charge in [-0.05, 0) is 0 Å². The van der Waals surface area contributed by atoms with E-state index < -0.39 is 0 Å². The molecule has 0 aromatic rings. The Hall–Kier alpha value is -0.930. The van der Waals surface area contributed by atoms with Crippen LogP contribution in [0.2, 0.25) is 0 Å². The minimum atomic E-state index is 1.28. The standard InChI is InChI=1S/C3H8N4/c1-4-6-7(3)5-2/h2H2,1,3H3. The summed E-state index contributed by atoms with van der Waals surface area (Å²) in [5.74, 6) is 0. The third-order valence-electron chi connectivity index (χ3n) is 0.424. The van der Waals surface area contributed by atoms with E-state index in [2.05, 4.69) is 22.2 Å². The molecule has 0 saturated heterocycles. The van der Waals surface area contributed by atoms with Crippen LogP contribution in [0.15, 0.2) is 15.4 Å². The van der Waals surface area contributed by atoms with E-state index in [0.29, 0.717) is 0 Å². The normalized spacial score (nSPS) is 9.43. The van der Waals surface area contributed by atoms with E-state index in [4.69, 9.17) is 0 Å². The molecule has 7 heavy (non-hydrogen) atoms. The van der Waals surface area contributed by atoms with E-state index in [9.17, 15) is 0 Å². The Kier molecular flexibility index (Phi) is 2.83. The predicted molar refractivity (Wildman–Crippen MR) is 28.1 cm³/mol. The molecule has 4 nitrogen and oxygen atoms in total. The van der Waals surface area contributed by atoms with Gasteiger partial charge in [0.1, 0.15) is 0 Å². The van der Waals surface area contributed by atoms with Crippen LogP contribution in [0.3, 0.4) is 0 Å². The molecule has 0 aliphatic carbocycles. The molecule has 40 valence electrons. The van der Waals surface area contributed by atoms with Crippen LogP contribution in [0, 0.1) is 0 Å². The average molecular weight is 100 g/mol. The molecule has 0 saturated carbocycles. The highest BCUT2D eigenvalue weighted by Crippen LogP contribution is 1.79. The lowest BCUT2D eigenvalue weighted by Gasteiger charge is -1.97.